The van der Waals surface area contributed by atoms with Crippen molar-refractivity contribution < 1.29 is 28.6 Å². The van der Waals surface area contributed by atoms with Gasteiger partial charge in [0, 0.05) is 19.3 Å². The topological polar surface area (TPSA) is 78.9 Å². The third kappa shape index (κ3) is 51.4. The zero-order valence-corrected chi connectivity index (χ0v) is 41.8. The molecule has 0 aliphatic heterocycles. The van der Waals surface area contributed by atoms with Crippen LogP contribution >= 0.6 is 0 Å². The molecular formula is C61H88O6. The number of allylic oxidation sites excluding steroid dienone is 30. The molecule has 0 saturated heterocycles. The third-order valence-corrected chi connectivity index (χ3v) is 9.64. The van der Waals surface area contributed by atoms with Crippen molar-refractivity contribution in [2.75, 3.05) is 13.2 Å². The van der Waals surface area contributed by atoms with Crippen molar-refractivity contribution in [1.29, 1.82) is 0 Å². The molecular weight excluding hydrogens is 829 g/mol. The predicted molar refractivity (Wildman–Crippen MR) is 287 cm³/mol. The minimum Gasteiger partial charge on any atom is -0.462 e. The van der Waals surface area contributed by atoms with Gasteiger partial charge in [-0.3, -0.25) is 14.4 Å². The summed E-state index contributed by atoms with van der Waals surface area (Å²) in [7, 11) is 0. The highest BCUT2D eigenvalue weighted by molar-refractivity contribution is 5.71. The van der Waals surface area contributed by atoms with Gasteiger partial charge in [-0.2, -0.15) is 0 Å². The molecule has 0 aliphatic rings. The van der Waals surface area contributed by atoms with Gasteiger partial charge in [0.2, 0.25) is 0 Å². The molecule has 67 heavy (non-hydrogen) atoms. The number of rotatable bonds is 42. The van der Waals surface area contributed by atoms with E-state index in [4.69, 9.17) is 14.2 Å². The lowest BCUT2D eigenvalue weighted by atomic mass is 10.1. The summed E-state index contributed by atoms with van der Waals surface area (Å²) >= 11 is 0. The molecule has 0 aromatic rings. The van der Waals surface area contributed by atoms with Gasteiger partial charge in [0.25, 0.3) is 0 Å². The Kier molecular flexibility index (Phi) is 48.8. The van der Waals surface area contributed by atoms with Crippen LogP contribution in [0.2, 0.25) is 0 Å². The fourth-order valence-corrected chi connectivity index (χ4v) is 5.93. The molecule has 0 aromatic heterocycles. The smallest absolute Gasteiger partial charge is 0.306 e. The Hall–Kier alpha value is -5.49. The van der Waals surface area contributed by atoms with Crippen LogP contribution in [0.15, 0.2) is 182 Å². The molecule has 0 rings (SSSR count). The molecule has 0 amide bonds. The van der Waals surface area contributed by atoms with Crippen molar-refractivity contribution in [2.45, 2.75) is 168 Å². The summed E-state index contributed by atoms with van der Waals surface area (Å²) in [6.45, 7) is 6.10. The van der Waals surface area contributed by atoms with E-state index < -0.39 is 12.1 Å². The van der Waals surface area contributed by atoms with Gasteiger partial charge in [-0.05, 0) is 96.3 Å². The maximum Gasteiger partial charge on any atom is 0.306 e. The van der Waals surface area contributed by atoms with E-state index in [9.17, 15) is 14.4 Å². The Morgan fingerprint density at radius 2 is 0.627 bits per heavy atom. The molecule has 0 spiro atoms. The molecule has 0 heterocycles. The van der Waals surface area contributed by atoms with E-state index in [1.807, 2.05) is 79.0 Å². The van der Waals surface area contributed by atoms with Crippen molar-refractivity contribution in [3.8, 4) is 0 Å². The standard InChI is InChI=1S/C61H88O6/c1-4-7-10-13-16-19-22-25-27-29-30-32-33-36-39-42-45-48-51-54-60(63)66-57-58(56-65-59(62)53-50-47-44-41-38-35-24-21-18-15-12-9-6-3)67-61(64)55-52-49-46-43-40-37-34-31-28-26-23-20-17-14-11-8-5-2/h7-13,15-22,24-30,32-34,36-37,39,43,46,58H,4-6,14,23,31,35,38,40-42,44-45,47-57H2,1-3H3/b10-7+,11-8+,12-9+,16-13+,18-15+,20-17+,22-19+,24-21+,27-25+,28-26+,30-29+,33-32+,37-34+,39-36+,46-43+. The van der Waals surface area contributed by atoms with E-state index in [1.54, 1.807) is 0 Å². The minimum atomic E-state index is -0.846. The van der Waals surface area contributed by atoms with Crippen LogP contribution in [-0.4, -0.2) is 37.2 Å². The van der Waals surface area contributed by atoms with E-state index in [-0.39, 0.29) is 38.0 Å². The fourth-order valence-electron chi connectivity index (χ4n) is 5.93. The van der Waals surface area contributed by atoms with Crippen LogP contribution < -0.4 is 0 Å². The molecule has 368 valence electrons. The van der Waals surface area contributed by atoms with E-state index in [0.29, 0.717) is 19.3 Å². The van der Waals surface area contributed by atoms with E-state index in [0.717, 1.165) is 109 Å². The van der Waals surface area contributed by atoms with Gasteiger partial charge in [-0.1, -0.05) is 229 Å². The van der Waals surface area contributed by atoms with Crippen LogP contribution in [-0.2, 0) is 28.6 Å². The highest BCUT2D eigenvalue weighted by atomic mass is 16.6. The largest absolute Gasteiger partial charge is 0.462 e. The van der Waals surface area contributed by atoms with Crippen molar-refractivity contribution >= 4 is 17.9 Å². The summed E-state index contributed by atoms with van der Waals surface area (Å²) in [5, 5.41) is 0. The van der Waals surface area contributed by atoms with Gasteiger partial charge < -0.3 is 14.2 Å². The summed E-state index contributed by atoms with van der Waals surface area (Å²) < 4.78 is 16.7. The maximum atomic E-state index is 12.8. The molecule has 1 atom stereocenters. The van der Waals surface area contributed by atoms with Crippen LogP contribution in [0.25, 0.3) is 0 Å². The lowest BCUT2D eigenvalue weighted by Gasteiger charge is -2.18. The minimum absolute atomic E-state index is 0.137. The van der Waals surface area contributed by atoms with Gasteiger partial charge in [0.05, 0.1) is 0 Å². The average molecular weight is 917 g/mol. The number of esters is 3. The number of unbranched alkanes of at least 4 members (excludes halogenated alkanes) is 9. The first-order chi connectivity index (χ1) is 33.0. The van der Waals surface area contributed by atoms with E-state index in [2.05, 4.69) is 124 Å². The maximum absolute atomic E-state index is 12.8. The summed E-state index contributed by atoms with van der Waals surface area (Å²) in [6.07, 6.45) is 80.2. The lowest BCUT2D eigenvalue weighted by molar-refractivity contribution is -0.167. The summed E-state index contributed by atoms with van der Waals surface area (Å²) in [6, 6.07) is 0. The summed E-state index contributed by atoms with van der Waals surface area (Å²) in [5.41, 5.74) is 0. The molecule has 6 heteroatoms. The quantitative estimate of drug-likeness (QED) is 0.0200. The van der Waals surface area contributed by atoms with Crippen molar-refractivity contribution in [3.63, 3.8) is 0 Å². The second kappa shape index (κ2) is 53.1. The first-order valence-corrected chi connectivity index (χ1v) is 25.4. The van der Waals surface area contributed by atoms with E-state index >= 15 is 0 Å². The van der Waals surface area contributed by atoms with Crippen LogP contribution in [0.5, 0.6) is 0 Å². The molecule has 1 unspecified atom stereocenters. The molecule has 0 fully saturated rings. The molecule has 0 aliphatic carbocycles. The molecule has 0 radical (unpaired) electrons. The second-order valence-electron chi connectivity index (χ2n) is 15.8. The normalized spacial score (nSPS) is 13.7. The molecule has 0 N–H and O–H groups in total. The highest BCUT2D eigenvalue weighted by Crippen LogP contribution is 2.11. The second-order valence-corrected chi connectivity index (χ2v) is 15.8. The number of hydrogen-bond donors (Lipinski definition) is 0. The predicted octanol–water partition coefficient (Wildman–Crippen LogP) is 17.0. The van der Waals surface area contributed by atoms with Crippen LogP contribution in [0.3, 0.4) is 0 Å². The Morgan fingerprint density at radius 3 is 1.06 bits per heavy atom. The number of carbonyl (C=O) groups is 3. The van der Waals surface area contributed by atoms with Crippen molar-refractivity contribution in [1.82, 2.24) is 0 Å². The Balaban J connectivity index is 4.66. The molecule has 0 bridgehead atoms. The van der Waals surface area contributed by atoms with Gasteiger partial charge in [-0.15, -0.1) is 0 Å². The van der Waals surface area contributed by atoms with Gasteiger partial charge >= 0.3 is 17.9 Å². The molecule has 0 aromatic carbocycles. The molecule has 6 nitrogen and oxygen atoms in total. The van der Waals surface area contributed by atoms with Crippen LogP contribution in [0.4, 0.5) is 0 Å². The zero-order chi connectivity index (χ0) is 48.6. The Bertz CT molecular complexity index is 1670. The van der Waals surface area contributed by atoms with Crippen LogP contribution in [0.1, 0.15) is 162 Å². The number of hydrogen-bond acceptors (Lipinski definition) is 6. The van der Waals surface area contributed by atoms with Crippen LogP contribution in [0, 0.1) is 0 Å². The fraction of sp³-hybridized carbons (Fsp3) is 0.459. The average Bonchev–Trinajstić information content (AvgIpc) is 3.33. The summed E-state index contributed by atoms with van der Waals surface area (Å²) in [5.74, 6) is -1.08. The monoisotopic (exact) mass is 917 g/mol. The third-order valence-electron chi connectivity index (χ3n) is 9.64. The van der Waals surface area contributed by atoms with E-state index in [1.165, 1.54) is 0 Å². The number of carbonyl (C=O) groups excluding carboxylic acids is 3. The first-order valence-electron chi connectivity index (χ1n) is 25.4. The SMILES string of the molecule is CC/C=C/C=C/C=C/C=C/C=C/C=C/C=C/CCCCCC(=O)OCC(COC(=O)CCCCCCC/C=C/C=C/C=C/CC)OC(=O)CCC/C=C/C/C=C/C/C=C/C/C=C/C/C=C/CC. The first kappa shape index (κ1) is 61.5. The number of ether oxygens (including phenoxy) is 3. The Labute approximate surface area is 408 Å². The van der Waals surface area contributed by atoms with Crippen molar-refractivity contribution in [3.05, 3.63) is 182 Å². The van der Waals surface area contributed by atoms with Crippen molar-refractivity contribution in [2.24, 2.45) is 0 Å². The van der Waals surface area contributed by atoms with Gasteiger partial charge in [0.1, 0.15) is 13.2 Å². The lowest BCUT2D eigenvalue weighted by Crippen LogP contribution is -2.30. The molecule has 0 saturated carbocycles. The van der Waals surface area contributed by atoms with Gasteiger partial charge in [0.15, 0.2) is 6.10 Å². The zero-order valence-electron chi connectivity index (χ0n) is 41.8. The Morgan fingerprint density at radius 1 is 0.313 bits per heavy atom. The highest BCUT2D eigenvalue weighted by Gasteiger charge is 2.19. The van der Waals surface area contributed by atoms with Gasteiger partial charge in [-0.25, -0.2) is 0 Å². The summed E-state index contributed by atoms with van der Waals surface area (Å²) in [4.78, 5) is 38.0.